The van der Waals surface area contributed by atoms with E-state index in [0.29, 0.717) is 46.5 Å². The summed E-state index contributed by atoms with van der Waals surface area (Å²) in [5.41, 5.74) is 1.74. The molecule has 1 saturated heterocycles. The normalized spacial score (nSPS) is 14.3. The number of ether oxygens (including phenoxy) is 2. The minimum Gasteiger partial charge on any atom is -0.492 e. The molecule has 0 amide bonds. The highest BCUT2D eigenvalue weighted by Gasteiger charge is 2.16. The van der Waals surface area contributed by atoms with Gasteiger partial charge >= 0.3 is 6.09 Å². The van der Waals surface area contributed by atoms with E-state index < -0.39 is 6.09 Å². The molecule has 0 bridgehead atoms. The summed E-state index contributed by atoms with van der Waals surface area (Å²) in [7, 11) is 0. The molecule has 5 rings (SSSR count). The summed E-state index contributed by atoms with van der Waals surface area (Å²) < 4.78 is 13.1. The maximum Gasteiger partial charge on any atom is 0.415 e. The number of benzene rings is 2. The first-order valence-electron chi connectivity index (χ1n) is 10.8. The van der Waals surface area contributed by atoms with E-state index in [1.807, 2.05) is 6.07 Å². The van der Waals surface area contributed by atoms with Crippen molar-refractivity contribution in [2.75, 3.05) is 19.7 Å². The van der Waals surface area contributed by atoms with Crippen LogP contribution in [0.25, 0.3) is 21.8 Å². The summed E-state index contributed by atoms with van der Waals surface area (Å²) in [6, 6.07) is 16.3. The number of hydrogen-bond donors (Lipinski definition) is 2. The standard InChI is InChI=1S/C25H22N4O4/c26-14-19-11-17-1-4-24(28-21(17)13-23(19)32-15-16-5-8-27-9-6-16)33-20-2-3-22-18(12-20)7-10-29(22)25(30)31/h1-4,7,10-13,16,27H,5-6,8-9,15H2,(H,30,31). The zero-order valence-corrected chi connectivity index (χ0v) is 17.8. The third kappa shape index (κ3) is 4.31. The highest BCUT2D eigenvalue weighted by atomic mass is 16.5. The molecule has 2 aromatic heterocycles. The third-order valence-corrected chi connectivity index (χ3v) is 5.91. The minimum absolute atomic E-state index is 0.397. The van der Waals surface area contributed by atoms with E-state index in [1.165, 1.54) is 6.20 Å². The van der Waals surface area contributed by atoms with Crippen LogP contribution in [-0.2, 0) is 0 Å². The van der Waals surface area contributed by atoms with Crippen molar-refractivity contribution in [2.45, 2.75) is 12.8 Å². The molecule has 0 atom stereocenters. The molecular weight excluding hydrogens is 420 g/mol. The van der Waals surface area contributed by atoms with E-state index in [2.05, 4.69) is 16.4 Å². The number of carbonyl (C=O) groups is 1. The van der Waals surface area contributed by atoms with E-state index in [0.717, 1.165) is 41.3 Å². The van der Waals surface area contributed by atoms with E-state index in [4.69, 9.17) is 9.47 Å². The molecule has 0 aliphatic carbocycles. The number of hydrogen-bond acceptors (Lipinski definition) is 6. The molecule has 166 valence electrons. The van der Waals surface area contributed by atoms with Gasteiger partial charge in [0, 0.05) is 29.1 Å². The second-order valence-electron chi connectivity index (χ2n) is 8.10. The Morgan fingerprint density at radius 2 is 2.00 bits per heavy atom. The molecule has 1 aliphatic heterocycles. The van der Waals surface area contributed by atoms with Gasteiger partial charge in [0.05, 0.1) is 23.2 Å². The van der Waals surface area contributed by atoms with Crippen molar-refractivity contribution in [3.8, 4) is 23.4 Å². The van der Waals surface area contributed by atoms with Gasteiger partial charge in [-0.1, -0.05) is 0 Å². The molecule has 8 nitrogen and oxygen atoms in total. The Hall–Kier alpha value is -4.09. The van der Waals surface area contributed by atoms with E-state index in [9.17, 15) is 15.2 Å². The second kappa shape index (κ2) is 8.81. The van der Waals surface area contributed by atoms with Crippen molar-refractivity contribution in [2.24, 2.45) is 5.92 Å². The van der Waals surface area contributed by atoms with Gasteiger partial charge in [-0.3, -0.25) is 4.57 Å². The number of nitrogens with zero attached hydrogens (tertiary/aromatic N) is 3. The Kier molecular flexibility index (Phi) is 5.55. The predicted octanol–water partition coefficient (Wildman–Crippen LogP) is 4.76. The van der Waals surface area contributed by atoms with Crippen molar-refractivity contribution >= 4 is 27.9 Å². The quantitative estimate of drug-likeness (QED) is 0.459. The van der Waals surface area contributed by atoms with Crippen LogP contribution in [0.4, 0.5) is 4.79 Å². The Morgan fingerprint density at radius 3 is 2.79 bits per heavy atom. The summed E-state index contributed by atoms with van der Waals surface area (Å²) >= 11 is 0. The second-order valence-corrected chi connectivity index (χ2v) is 8.10. The average Bonchev–Trinajstić information content (AvgIpc) is 3.26. The lowest BCUT2D eigenvalue weighted by Gasteiger charge is -2.23. The molecule has 33 heavy (non-hydrogen) atoms. The summed E-state index contributed by atoms with van der Waals surface area (Å²) in [5, 5.41) is 23.7. The Balaban J connectivity index is 1.39. The van der Waals surface area contributed by atoms with Crippen LogP contribution in [0.15, 0.2) is 54.7 Å². The van der Waals surface area contributed by atoms with Gasteiger partial charge in [0.1, 0.15) is 17.6 Å². The lowest BCUT2D eigenvalue weighted by molar-refractivity contribution is 0.197. The van der Waals surface area contributed by atoms with E-state index >= 15 is 0 Å². The van der Waals surface area contributed by atoms with Gasteiger partial charge < -0.3 is 19.9 Å². The number of piperidine rings is 1. The molecule has 2 aromatic carbocycles. The predicted molar refractivity (Wildman–Crippen MR) is 123 cm³/mol. The third-order valence-electron chi connectivity index (χ3n) is 5.91. The van der Waals surface area contributed by atoms with Crippen molar-refractivity contribution < 1.29 is 19.4 Å². The van der Waals surface area contributed by atoms with E-state index in [1.54, 1.807) is 42.5 Å². The highest BCUT2D eigenvalue weighted by Crippen LogP contribution is 2.30. The van der Waals surface area contributed by atoms with Gasteiger partial charge in [-0.05, 0) is 68.2 Å². The van der Waals surface area contributed by atoms with Crippen molar-refractivity contribution in [3.05, 3.63) is 60.3 Å². The first-order chi connectivity index (χ1) is 16.1. The molecule has 0 saturated carbocycles. The number of carboxylic acid groups (broad SMARTS) is 1. The molecular formula is C25H22N4O4. The minimum atomic E-state index is -1.04. The van der Waals surface area contributed by atoms with Crippen molar-refractivity contribution in [1.82, 2.24) is 14.9 Å². The smallest absolute Gasteiger partial charge is 0.415 e. The van der Waals surface area contributed by atoms with Crippen LogP contribution >= 0.6 is 0 Å². The summed E-state index contributed by atoms with van der Waals surface area (Å²) in [4.78, 5) is 15.9. The van der Waals surface area contributed by atoms with Gasteiger partial charge in [0.15, 0.2) is 0 Å². The van der Waals surface area contributed by atoms with Gasteiger partial charge in [0.25, 0.3) is 0 Å². The van der Waals surface area contributed by atoms with Crippen LogP contribution in [0.5, 0.6) is 17.4 Å². The lowest BCUT2D eigenvalue weighted by atomic mass is 9.99. The monoisotopic (exact) mass is 442 g/mol. The van der Waals surface area contributed by atoms with Gasteiger partial charge in [-0.15, -0.1) is 0 Å². The Bertz CT molecular complexity index is 1380. The van der Waals surface area contributed by atoms with Crippen molar-refractivity contribution in [3.63, 3.8) is 0 Å². The molecule has 0 radical (unpaired) electrons. The molecule has 2 N–H and O–H groups in total. The molecule has 1 fully saturated rings. The number of pyridine rings is 1. The fourth-order valence-electron chi connectivity index (χ4n) is 4.12. The highest BCUT2D eigenvalue weighted by molar-refractivity contribution is 5.89. The van der Waals surface area contributed by atoms with Gasteiger partial charge in [-0.25, -0.2) is 9.78 Å². The molecule has 1 aliphatic rings. The molecule has 4 aromatic rings. The van der Waals surface area contributed by atoms with E-state index in [-0.39, 0.29) is 0 Å². The first-order valence-corrected chi connectivity index (χ1v) is 10.8. The largest absolute Gasteiger partial charge is 0.492 e. The number of nitriles is 1. The van der Waals surface area contributed by atoms with Crippen LogP contribution in [0.1, 0.15) is 18.4 Å². The fraction of sp³-hybridized carbons (Fsp3) is 0.240. The number of rotatable bonds is 5. The van der Waals surface area contributed by atoms with Crippen LogP contribution in [0.3, 0.4) is 0 Å². The fourth-order valence-corrected chi connectivity index (χ4v) is 4.12. The van der Waals surface area contributed by atoms with Crippen LogP contribution in [0, 0.1) is 17.2 Å². The van der Waals surface area contributed by atoms with Gasteiger partial charge in [0.2, 0.25) is 5.88 Å². The summed E-state index contributed by atoms with van der Waals surface area (Å²) in [6.07, 6.45) is 2.59. The SMILES string of the molecule is N#Cc1cc2ccc(Oc3ccc4c(ccn4C(=O)O)c3)nc2cc1OCC1CCNCC1. The van der Waals surface area contributed by atoms with Gasteiger partial charge in [-0.2, -0.15) is 5.26 Å². The Labute approximate surface area is 190 Å². The molecule has 0 unspecified atom stereocenters. The average molecular weight is 442 g/mol. The summed E-state index contributed by atoms with van der Waals surface area (Å²) in [6.45, 7) is 2.56. The lowest BCUT2D eigenvalue weighted by Crippen LogP contribution is -2.30. The maximum atomic E-state index is 11.3. The number of fused-ring (bicyclic) bond motifs is 2. The number of aromatic nitrogens is 2. The number of nitrogens with one attached hydrogen (secondary N) is 1. The summed E-state index contributed by atoms with van der Waals surface area (Å²) in [5.74, 6) is 1.95. The zero-order chi connectivity index (χ0) is 22.8. The molecule has 8 heteroatoms. The van der Waals surface area contributed by atoms with Crippen LogP contribution in [-0.4, -0.2) is 40.4 Å². The van der Waals surface area contributed by atoms with Crippen molar-refractivity contribution in [1.29, 1.82) is 5.26 Å². The Morgan fingerprint density at radius 1 is 1.15 bits per heavy atom. The first kappa shape index (κ1) is 20.8. The topological polar surface area (TPSA) is 109 Å². The molecule has 3 heterocycles. The zero-order valence-electron chi connectivity index (χ0n) is 17.8. The van der Waals surface area contributed by atoms with Crippen LogP contribution < -0.4 is 14.8 Å². The van der Waals surface area contributed by atoms with Crippen LogP contribution in [0.2, 0.25) is 0 Å². The maximum absolute atomic E-state index is 11.3. The molecule has 0 spiro atoms.